The topological polar surface area (TPSA) is 12.0 Å². The molecule has 0 bridgehead atoms. The smallest absolute Gasteiger partial charge is 0.00966 e. The molecule has 2 atom stereocenters. The van der Waals surface area contributed by atoms with E-state index in [4.69, 9.17) is 0 Å². The monoisotopic (exact) mass is 283 g/mol. The average Bonchev–Trinajstić information content (AvgIpc) is 2.38. The lowest BCUT2D eigenvalue weighted by molar-refractivity contribution is 0.300. The van der Waals surface area contributed by atoms with Crippen LogP contribution in [0.4, 0.5) is 0 Å². The van der Waals surface area contributed by atoms with Gasteiger partial charge in [-0.05, 0) is 39.2 Å². The molecule has 0 aromatic heterocycles. The highest BCUT2D eigenvalue weighted by Gasteiger charge is 2.15. The zero-order valence-electron chi connectivity index (χ0n) is 15.2. The van der Waals surface area contributed by atoms with Crippen molar-refractivity contribution in [1.29, 1.82) is 0 Å². The van der Waals surface area contributed by atoms with Crippen LogP contribution in [0.5, 0.6) is 0 Å². The van der Waals surface area contributed by atoms with Crippen molar-refractivity contribution in [2.24, 2.45) is 11.8 Å². The molecule has 0 saturated heterocycles. The average molecular weight is 284 g/mol. The minimum atomic E-state index is 0.256. The van der Waals surface area contributed by atoms with E-state index in [1.807, 2.05) is 0 Å². The molecule has 0 aliphatic rings. The molecule has 122 valence electrons. The van der Waals surface area contributed by atoms with Crippen molar-refractivity contribution >= 4 is 0 Å². The summed E-state index contributed by atoms with van der Waals surface area (Å²) in [5.74, 6) is 1.64. The van der Waals surface area contributed by atoms with E-state index in [2.05, 4.69) is 46.9 Å². The Bertz CT molecular complexity index is 204. The molecular formula is C19H41N. The number of unbranched alkanes of at least 4 members (excludes halogenated alkanes) is 7. The van der Waals surface area contributed by atoms with Crippen molar-refractivity contribution < 1.29 is 0 Å². The summed E-state index contributed by atoms with van der Waals surface area (Å²) >= 11 is 0. The fraction of sp³-hybridized carbons (Fsp3) is 1.00. The first kappa shape index (κ1) is 20.0. The Balaban J connectivity index is 3.45. The molecule has 20 heavy (non-hydrogen) atoms. The maximum Gasteiger partial charge on any atom is 0.00966 e. The number of hydrogen-bond acceptors (Lipinski definition) is 1. The summed E-state index contributed by atoms with van der Waals surface area (Å²) in [6, 6.07) is 0. The van der Waals surface area contributed by atoms with Gasteiger partial charge in [-0.3, -0.25) is 0 Å². The van der Waals surface area contributed by atoms with E-state index in [0.29, 0.717) is 0 Å². The lowest BCUT2D eigenvalue weighted by atomic mass is 9.90. The minimum absolute atomic E-state index is 0.256. The molecule has 2 unspecified atom stereocenters. The predicted octanol–water partition coefficient (Wildman–Crippen LogP) is 6.18. The fourth-order valence-corrected chi connectivity index (χ4v) is 2.55. The first-order valence-electron chi connectivity index (χ1n) is 9.12. The Morgan fingerprint density at radius 3 is 1.75 bits per heavy atom. The Kier molecular flexibility index (Phi) is 11.6. The van der Waals surface area contributed by atoms with Gasteiger partial charge in [0.2, 0.25) is 0 Å². The zero-order chi connectivity index (χ0) is 15.4. The third-order valence-electron chi connectivity index (χ3n) is 4.44. The number of rotatable bonds is 12. The lowest BCUT2D eigenvalue weighted by Gasteiger charge is -2.26. The van der Waals surface area contributed by atoms with Crippen LogP contribution in [0.1, 0.15) is 99.3 Å². The summed E-state index contributed by atoms with van der Waals surface area (Å²) in [6.07, 6.45) is 12.9. The van der Waals surface area contributed by atoms with Gasteiger partial charge < -0.3 is 5.32 Å². The van der Waals surface area contributed by atoms with Gasteiger partial charge in [-0.15, -0.1) is 0 Å². The normalized spacial score (nSPS) is 15.3. The Morgan fingerprint density at radius 1 is 0.750 bits per heavy atom. The largest absolute Gasteiger partial charge is 0.312 e. The fourth-order valence-electron chi connectivity index (χ4n) is 2.55. The third-order valence-corrected chi connectivity index (χ3v) is 4.44. The summed E-state index contributed by atoms with van der Waals surface area (Å²) in [7, 11) is 0. The van der Waals surface area contributed by atoms with Crippen molar-refractivity contribution in [2.75, 3.05) is 6.54 Å². The Hall–Kier alpha value is -0.0400. The van der Waals surface area contributed by atoms with E-state index < -0.39 is 0 Å². The van der Waals surface area contributed by atoms with Crippen molar-refractivity contribution in [2.45, 2.75) is 105 Å². The second kappa shape index (κ2) is 11.6. The van der Waals surface area contributed by atoms with Gasteiger partial charge in [-0.1, -0.05) is 78.6 Å². The summed E-state index contributed by atoms with van der Waals surface area (Å²) in [6.45, 7) is 15.0. The van der Waals surface area contributed by atoms with Gasteiger partial charge in [0.25, 0.3) is 0 Å². The molecule has 0 rings (SSSR count). The van der Waals surface area contributed by atoms with Gasteiger partial charge in [0.15, 0.2) is 0 Å². The molecule has 0 aromatic rings. The molecule has 0 radical (unpaired) electrons. The van der Waals surface area contributed by atoms with E-state index in [-0.39, 0.29) is 5.54 Å². The number of hydrogen-bond donors (Lipinski definition) is 1. The van der Waals surface area contributed by atoms with Gasteiger partial charge in [0, 0.05) is 5.54 Å². The molecular weight excluding hydrogens is 242 g/mol. The highest BCUT2D eigenvalue weighted by atomic mass is 14.9. The molecule has 0 saturated carbocycles. The highest BCUT2D eigenvalue weighted by Crippen LogP contribution is 2.19. The predicted molar refractivity (Wildman–Crippen MR) is 93.3 cm³/mol. The molecule has 0 aromatic carbocycles. The van der Waals surface area contributed by atoms with Gasteiger partial charge in [-0.2, -0.15) is 0 Å². The lowest BCUT2D eigenvalue weighted by Crippen LogP contribution is -2.39. The quantitative estimate of drug-likeness (QED) is 0.422. The van der Waals surface area contributed by atoms with Crippen LogP contribution >= 0.6 is 0 Å². The molecule has 1 N–H and O–H groups in total. The molecule has 0 amide bonds. The minimum Gasteiger partial charge on any atom is -0.312 e. The SMILES string of the molecule is CCCCCCCCCCC(C)C(C)CNC(C)(C)C. The summed E-state index contributed by atoms with van der Waals surface area (Å²) < 4.78 is 0. The Labute approximate surface area is 129 Å². The molecule has 0 spiro atoms. The van der Waals surface area contributed by atoms with E-state index in [1.54, 1.807) is 0 Å². The van der Waals surface area contributed by atoms with Crippen molar-refractivity contribution in [3.63, 3.8) is 0 Å². The van der Waals surface area contributed by atoms with Crippen LogP contribution in [0.25, 0.3) is 0 Å². The molecule has 1 nitrogen and oxygen atoms in total. The second-order valence-electron chi connectivity index (χ2n) is 7.85. The van der Waals surface area contributed by atoms with E-state index in [0.717, 1.165) is 18.4 Å². The zero-order valence-corrected chi connectivity index (χ0v) is 15.2. The third kappa shape index (κ3) is 13.0. The molecule has 0 heterocycles. The van der Waals surface area contributed by atoms with Crippen LogP contribution in [0.2, 0.25) is 0 Å². The van der Waals surface area contributed by atoms with Crippen molar-refractivity contribution in [3.05, 3.63) is 0 Å². The molecule has 0 aliphatic heterocycles. The molecule has 0 fully saturated rings. The maximum absolute atomic E-state index is 3.63. The standard InChI is InChI=1S/C19H41N/c1-7-8-9-10-11-12-13-14-15-17(2)18(3)16-20-19(4,5)6/h17-18,20H,7-16H2,1-6H3. The van der Waals surface area contributed by atoms with Crippen LogP contribution in [-0.4, -0.2) is 12.1 Å². The van der Waals surface area contributed by atoms with Gasteiger partial charge in [0.1, 0.15) is 0 Å². The summed E-state index contributed by atoms with van der Waals surface area (Å²) in [5.41, 5.74) is 0.256. The van der Waals surface area contributed by atoms with Crippen LogP contribution in [0.15, 0.2) is 0 Å². The first-order valence-corrected chi connectivity index (χ1v) is 9.12. The van der Waals surface area contributed by atoms with Crippen LogP contribution in [0, 0.1) is 11.8 Å². The summed E-state index contributed by atoms with van der Waals surface area (Å²) in [5, 5.41) is 3.63. The van der Waals surface area contributed by atoms with E-state index in [1.165, 1.54) is 57.8 Å². The van der Waals surface area contributed by atoms with Gasteiger partial charge in [0.05, 0.1) is 0 Å². The van der Waals surface area contributed by atoms with Crippen LogP contribution in [0.3, 0.4) is 0 Å². The second-order valence-corrected chi connectivity index (χ2v) is 7.85. The van der Waals surface area contributed by atoms with Crippen molar-refractivity contribution in [3.8, 4) is 0 Å². The maximum atomic E-state index is 3.63. The van der Waals surface area contributed by atoms with Gasteiger partial charge in [-0.25, -0.2) is 0 Å². The van der Waals surface area contributed by atoms with Crippen LogP contribution < -0.4 is 5.32 Å². The van der Waals surface area contributed by atoms with E-state index >= 15 is 0 Å². The first-order chi connectivity index (χ1) is 9.37. The number of nitrogens with one attached hydrogen (secondary N) is 1. The highest BCUT2D eigenvalue weighted by molar-refractivity contribution is 4.73. The molecule has 0 aliphatic carbocycles. The molecule has 1 heteroatoms. The van der Waals surface area contributed by atoms with Crippen LogP contribution in [-0.2, 0) is 0 Å². The van der Waals surface area contributed by atoms with E-state index in [9.17, 15) is 0 Å². The summed E-state index contributed by atoms with van der Waals surface area (Å²) in [4.78, 5) is 0. The van der Waals surface area contributed by atoms with Crippen molar-refractivity contribution in [1.82, 2.24) is 5.32 Å². The Morgan fingerprint density at radius 2 is 1.25 bits per heavy atom. The van der Waals surface area contributed by atoms with Gasteiger partial charge >= 0.3 is 0 Å².